The fraction of sp³-hybridized carbons (Fsp3) is 0.304. The molecule has 0 spiro atoms. The van der Waals surface area contributed by atoms with Crippen LogP contribution in [-0.4, -0.2) is 58.2 Å². The number of para-hydroxylation sites is 2. The molecular formula is C23H26N6O3. The average molecular weight is 435 g/mol. The van der Waals surface area contributed by atoms with Gasteiger partial charge in [0.25, 0.3) is 5.69 Å². The number of carbonyl (C=O) groups is 1. The summed E-state index contributed by atoms with van der Waals surface area (Å²) in [4.78, 5) is 27.6. The largest absolute Gasteiger partial charge is 0.363 e. The zero-order valence-electron chi connectivity index (χ0n) is 18.0. The van der Waals surface area contributed by atoms with E-state index in [1.807, 2.05) is 36.1 Å². The predicted molar refractivity (Wildman–Crippen MR) is 123 cm³/mol. The van der Waals surface area contributed by atoms with Gasteiger partial charge < -0.3 is 10.2 Å². The molecule has 9 nitrogen and oxygen atoms in total. The van der Waals surface area contributed by atoms with E-state index in [1.165, 1.54) is 11.6 Å². The Hall–Kier alpha value is -3.72. The second-order valence-corrected chi connectivity index (χ2v) is 7.92. The van der Waals surface area contributed by atoms with Gasteiger partial charge in [0.05, 0.1) is 24.2 Å². The number of rotatable bonds is 7. The van der Waals surface area contributed by atoms with E-state index in [0.29, 0.717) is 44.2 Å². The van der Waals surface area contributed by atoms with Gasteiger partial charge in [-0.05, 0) is 18.6 Å². The van der Waals surface area contributed by atoms with Crippen LogP contribution in [0.25, 0.3) is 0 Å². The minimum absolute atomic E-state index is 0.102. The lowest BCUT2D eigenvalue weighted by atomic mass is 10.1. The predicted octanol–water partition coefficient (Wildman–Crippen LogP) is 2.91. The van der Waals surface area contributed by atoms with Crippen LogP contribution in [-0.2, 0) is 11.3 Å². The maximum atomic E-state index is 12.6. The van der Waals surface area contributed by atoms with Gasteiger partial charge in [0.15, 0.2) is 0 Å². The number of nitro groups is 1. The number of carbonyl (C=O) groups excluding carboxylic acids is 1. The maximum Gasteiger partial charge on any atom is 0.292 e. The Morgan fingerprint density at radius 3 is 2.62 bits per heavy atom. The molecule has 1 amide bonds. The first-order valence-electron chi connectivity index (χ1n) is 10.6. The highest BCUT2D eigenvalue weighted by Crippen LogP contribution is 2.28. The lowest BCUT2D eigenvalue weighted by molar-refractivity contribution is -0.384. The Morgan fingerprint density at radius 2 is 1.88 bits per heavy atom. The van der Waals surface area contributed by atoms with Crippen LogP contribution in [0.5, 0.6) is 0 Å². The molecule has 1 fully saturated rings. The van der Waals surface area contributed by atoms with Gasteiger partial charge >= 0.3 is 0 Å². The Morgan fingerprint density at radius 1 is 1.09 bits per heavy atom. The Balaban J connectivity index is 1.31. The molecule has 0 atom stereocenters. The van der Waals surface area contributed by atoms with Crippen molar-refractivity contribution < 1.29 is 9.72 Å². The van der Waals surface area contributed by atoms with Crippen molar-refractivity contribution in [2.24, 2.45) is 0 Å². The topological polar surface area (TPSA) is 96.5 Å². The van der Waals surface area contributed by atoms with Gasteiger partial charge in [0.2, 0.25) is 5.91 Å². The summed E-state index contributed by atoms with van der Waals surface area (Å²) in [6, 6.07) is 16.8. The number of nitrogens with zero attached hydrogens (tertiary/aromatic N) is 5. The van der Waals surface area contributed by atoms with E-state index in [9.17, 15) is 14.9 Å². The molecule has 166 valence electrons. The van der Waals surface area contributed by atoms with Crippen molar-refractivity contribution >= 4 is 23.1 Å². The number of nitro benzene ring substituents is 1. The van der Waals surface area contributed by atoms with Crippen LogP contribution in [0.2, 0.25) is 0 Å². The van der Waals surface area contributed by atoms with E-state index in [4.69, 9.17) is 0 Å². The molecular weight excluding hydrogens is 408 g/mol. The first kappa shape index (κ1) is 21.5. The highest BCUT2D eigenvalue weighted by Gasteiger charge is 2.24. The van der Waals surface area contributed by atoms with Gasteiger partial charge in [-0.2, -0.15) is 5.10 Å². The van der Waals surface area contributed by atoms with Gasteiger partial charge in [-0.3, -0.25) is 19.8 Å². The summed E-state index contributed by atoms with van der Waals surface area (Å²) in [5.41, 5.74) is 3.04. The Kier molecular flexibility index (Phi) is 6.46. The van der Waals surface area contributed by atoms with E-state index in [0.717, 1.165) is 5.56 Å². The number of piperazine rings is 1. The van der Waals surface area contributed by atoms with Crippen molar-refractivity contribution in [3.05, 3.63) is 82.0 Å². The molecule has 3 aromatic rings. The number of hydrogen-bond donors (Lipinski definition) is 1. The first-order chi connectivity index (χ1) is 15.5. The van der Waals surface area contributed by atoms with E-state index in [2.05, 4.69) is 21.4 Å². The molecule has 2 heterocycles. The minimum Gasteiger partial charge on any atom is -0.363 e. The smallest absolute Gasteiger partial charge is 0.292 e. The minimum atomic E-state index is -0.352. The summed E-state index contributed by atoms with van der Waals surface area (Å²) in [5, 5.41) is 18.6. The van der Waals surface area contributed by atoms with Crippen molar-refractivity contribution in [2.75, 3.05) is 42.9 Å². The maximum absolute atomic E-state index is 12.6. The van der Waals surface area contributed by atoms with Crippen LogP contribution >= 0.6 is 0 Å². The van der Waals surface area contributed by atoms with Crippen LogP contribution in [0.1, 0.15) is 11.1 Å². The second-order valence-electron chi connectivity index (χ2n) is 7.92. The Labute approximate surface area is 186 Å². The summed E-state index contributed by atoms with van der Waals surface area (Å²) in [6.07, 6.45) is 1.68. The summed E-state index contributed by atoms with van der Waals surface area (Å²) in [5.74, 6) is 0.560. The molecule has 1 aliphatic rings. The molecule has 0 aliphatic carbocycles. The van der Waals surface area contributed by atoms with Crippen LogP contribution in [0.3, 0.4) is 0 Å². The third-order valence-corrected chi connectivity index (χ3v) is 5.56. The van der Waals surface area contributed by atoms with Crippen LogP contribution in [0, 0.1) is 17.0 Å². The van der Waals surface area contributed by atoms with Gasteiger partial charge in [0, 0.05) is 38.3 Å². The summed E-state index contributed by atoms with van der Waals surface area (Å²) in [6.45, 7) is 5.46. The second kappa shape index (κ2) is 9.61. The lowest BCUT2D eigenvalue weighted by Gasteiger charge is -2.35. The normalized spacial score (nSPS) is 14.3. The summed E-state index contributed by atoms with van der Waals surface area (Å²) >= 11 is 0. The molecule has 4 rings (SSSR count). The lowest BCUT2D eigenvalue weighted by Crippen LogP contribution is -2.48. The molecule has 0 bridgehead atoms. The molecule has 0 radical (unpaired) electrons. The number of nitrogens with one attached hydrogen (secondary N) is 1. The van der Waals surface area contributed by atoms with Crippen LogP contribution < -0.4 is 10.2 Å². The number of benzene rings is 2. The fourth-order valence-electron chi connectivity index (χ4n) is 3.97. The van der Waals surface area contributed by atoms with Crippen molar-refractivity contribution in [3.63, 3.8) is 0 Å². The highest BCUT2D eigenvalue weighted by atomic mass is 16.6. The molecule has 32 heavy (non-hydrogen) atoms. The van der Waals surface area contributed by atoms with Crippen molar-refractivity contribution in [3.8, 4) is 0 Å². The van der Waals surface area contributed by atoms with E-state index in [-0.39, 0.29) is 23.1 Å². The van der Waals surface area contributed by atoms with E-state index >= 15 is 0 Å². The zero-order chi connectivity index (χ0) is 22.5. The molecule has 1 aliphatic heterocycles. The van der Waals surface area contributed by atoms with Gasteiger partial charge in [-0.25, -0.2) is 4.68 Å². The summed E-state index contributed by atoms with van der Waals surface area (Å²) in [7, 11) is 0. The third-order valence-electron chi connectivity index (χ3n) is 5.56. The van der Waals surface area contributed by atoms with E-state index < -0.39 is 0 Å². The van der Waals surface area contributed by atoms with E-state index in [1.54, 1.807) is 29.1 Å². The van der Waals surface area contributed by atoms with Crippen LogP contribution in [0.4, 0.5) is 17.2 Å². The number of hydrogen-bond acceptors (Lipinski definition) is 6. The number of anilines is 2. The highest BCUT2D eigenvalue weighted by molar-refractivity contribution is 5.91. The van der Waals surface area contributed by atoms with Crippen LogP contribution in [0.15, 0.2) is 60.8 Å². The van der Waals surface area contributed by atoms with Crippen molar-refractivity contribution in [1.82, 2.24) is 14.7 Å². The third kappa shape index (κ3) is 5.12. The first-order valence-corrected chi connectivity index (χ1v) is 10.6. The molecule has 2 aromatic carbocycles. The molecule has 1 saturated heterocycles. The fourth-order valence-corrected chi connectivity index (χ4v) is 3.97. The van der Waals surface area contributed by atoms with Gasteiger partial charge in [0.1, 0.15) is 11.5 Å². The molecule has 1 aromatic heterocycles. The average Bonchev–Trinajstić information content (AvgIpc) is 3.20. The zero-order valence-corrected chi connectivity index (χ0v) is 18.0. The van der Waals surface area contributed by atoms with Crippen molar-refractivity contribution in [1.29, 1.82) is 0 Å². The summed E-state index contributed by atoms with van der Waals surface area (Å²) < 4.78 is 1.78. The number of aryl methyl sites for hydroxylation is 1. The Bertz CT molecular complexity index is 1100. The standard InChI is InChI=1S/C23H26N6O3/c1-18-5-4-6-19(15-18)16-28-22(9-10-24-28)25-23(30)17-26-11-13-27(14-12-26)20-7-2-3-8-21(20)29(31)32/h2-10,15H,11-14,16-17H2,1H3,(H,25,30). The number of amides is 1. The quantitative estimate of drug-likeness (QED) is 0.454. The molecule has 9 heteroatoms. The molecule has 1 N–H and O–H groups in total. The monoisotopic (exact) mass is 434 g/mol. The molecule has 0 unspecified atom stereocenters. The van der Waals surface area contributed by atoms with Gasteiger partial charge in [-0.1, -0.05) is 42.0 Å². The van der Waals surface area contributed by atoms with Crippen molar-refractivity contribution in [2.45, 2.75) is 13.5 Å². The number of aromatic nitrogens is 2. The molecule has 0 saturated carbocycles. The SMILES string of the molecule is Cc1cccc(Cn2nccc2NC(=O)CN2CCN(c3ccccc3[N+](=O)[O-])CC2)c1. The van der Waals surface area contributed by atoms with Gasteiger partial charge in [-0.15, -0.1) is 0 Å².